The van der Waals surface area contributed by atoms with E-state index in [9.17, 15) is 0 Å². The van der Waals surface area contributed by atoms with E-state index in [0.29, 0.717) is 6.42 Å². The molecule has 9 heavy (non-hydrogen) atoms. The zero-order valence-electron chi connectivity index (χ0n) is 6.18. The van der Waals surface area contributed by atoms with E-state index < -0.39 is 6.23 Å². The number of aliphatic hydroxyl groups is 1. The lowest BCUT2D eigenvalue weighted by Gasteiger charge is -2.20. The summed E-state index contributed by atoms with van der Waals surface area (Å²) in [5.74, 6) is 0. The molecule has 0 rings (SSSR count). The number of aliphatic hydroxyl groups excluding tert-OH is 1. The van der Waals surface area contributed by atoms with Crippen LogP contribution in [-0.4, -0.2) is 16.5 Å². The summed E-state index contributed by atoms with van der Waals surface area (Å²) in [6, 6.07) is 0. The molecule has 0 aromatic carbocycles. The molecule has 0 aliphatic heterocycles. The molecule has 0 aromatic rings. The summed E-state index contributed by atoms with van der Waals surface area (Å²) in [5, 5.41) is 17.0. The van der Waals surface area contributed by atoms with Crippen molar-refractivity contribution in [2.24, 2.45) is 5.41 Å². The normalized spacial score (nSPS) is 15.7. The van der Waals surface area contributed by atoms with Crippen LogP contribution in [-0.2, 0) is 0 Å². The second-order valence-electron chi connectivity index (χ2n) is 3.41. The average Bonchev–Trinajstić information content (AvgIpc) is 1.62. The van der Waals surface area contributed by atoms with Gasteiger partial charge in [-0.3, -0.25) is 0 Å². The third-order valence-electron chi connectivity index (χ3n) is 0.955. The van der Waals surface area contributed by atoms with Crippen molar-refractivity contribution in [1.82, 2.24) is 5.48 Å². The lowest BCUT2D eigenvalue weighted by Crippen LogP contribution is -2.29. The summed E-state index contributed by atoms with van der Waals surface area (Å²) in [7, 11) is 0. The highest BCUT2D eigenvalue weighted by molar-refractivity contribution is 4.63. The molecular weight excluding hydrogens is 118 g/mol. The zero-order valence-corrected chi connectivity index (χ0v) is 6.18. The predicted molar refractivity (Wildman–Crippen MR) is 35.0 cm³/mol. The molecule has 0 bridgehead atoms. The SMILES string of the molecule is CC(C)(C)CC(O)NO. The molecule has 1 atom stereocenters. The fraction of sp³-hybridized carbons (Fsp3) is 1.00. The Morgan fingerprint density at radius 1 is 1.44 bits per heavy atom. The summed E-state index contributed by atoms with van der Waals surface area (Å²) in [6.45, 7) is 5.98. The highest BCUT2D eigenvalue weighted by Crippen LogP contribution is 2.19. The molecule has 56 valence electrons. The number of hydrogen-bond acceptors (Lipinski definition) is 3. The third-order valence-corrected chi connectivity index (χ3v) is 0.955. The lowest BCUT2D eigenvalue weighted by atomic mass is 9.92. The Morgan fingerprint density at radius 2 is 1.89 bits per heavy atom. The minimum absolute atomic E-state index is 0.0507. The molecule has 0 saturated heterocycles. The second kappa shape index (κ2) is 3.15. The van der Waals surface area contributed by atoms with E-state index >= 15 is 0 Å². The first-order valence-corrected chi connectivity index (χ1v) is 3.03. The Labute approximate surface area is 55.7 Å². The van der Waals surface area contributed by atoms with Crippen LogP contribution in [0.15, 0.2) is 0 Å². The Bertz CT molecular complexity index is 77.6. The van der Waals surface area contributed by atoms with E-state index in [4.69, 9.17) is 10.3 Å². The van der Waals surface area contributed by atoms with E-state index in [2.05, 4.69) is 0 Å². The molecule has 3 nitrogen and oxygen atoms in total. The minimum atomic E-state index is -0.801. The summed E-state index contributed by atoms with van der Waals surface area (Å²) >= 11 is 0. The minimum Gasteiger partial charge on any atom is -0.376 e. The Morgan fingerprint density at radius 3 is 2.00 bits per heavy atom. The Hall–Kier alpha value is -0.120. The van der Waals surface area contributed by atoms with Crippen LogP contribution in [0.1, 0.15) is 27.2 Å². The number of hydroxylamine groups is 1. The smallest absolute Gasteiger partial charge is 0.127 e. The van der Waals surface area contributed by atoms with Crippen LogP contribution in [0.25, 0.3) is 0 Å². The van der Waals surface area contributed by atoms with Crippen LogP contribution in [0.2, 0.25) is 0 Å². The van der Waals surface area contributed by atoms with Crippen LogP contribution in [0.3, 0.4) is 0 Å². The predicted octanol–water partition coefficient (Wildman–Crippen LogP) is 0.720. The fourth-order valence-corrected chi connectivity index (χ4v) is 0.626. The molecule has 0 saturated carbocycles. The van der Waals surface area contributed by atoms with Gasteiger partial charge in [0.1, 0.15) is 6.23 Å². The number of nitrogens with one attached hydrogen (secondary N) is 1. The first-order valence-electron chi connectivity index (χ1n) is 3.03. The largest absolute Gasteiger partial charge is 0.376 e. The van der Waals surface area contributed by atoms with Gasteiger partial charge in [-0.15, -0.1) is 0 Å². The monoisotopic (exact) mass is 133 g/mol. The topological polar surface area (TPSA) is 52.5 Å². The van der Waals surface area contributed by atoms with Crippen molar-refractivity contribution in [3.05, 3.63) is 0 Å². The lowest BCUT2D eigenvalue weighted by molar-refractivity contribution is -0.0200. The van der Waals surface area contributed by atoms with Gasteiger partial charge in [0.25, 0.3) is 0 Å². The molecule has 0 radical (unpaired) electrons. The molecule has 0 aliphatic carbocycles. The van der Waals surface area contributed by atoms with Gasteiger partial charge in [0.15, 0.2) is 0 Å². The summed E-state index contributed by atoms with van der Waals surface area (Å²) in [6.07, 6.45) is -0.256. The number of hydrogen-bond donors (Lipinski definition) is 3. The quantitative estimate of drug-likeness (QED) is 0.384. The maximum Gasteiger partial charge on any atom is 0.127 e. The standard InChI is InChI=1S/C6H15NO2/c1-6(2,3)4-5(8)7-9/h5,7-9H,4H2,1-3H3. The van der Waals surface area contributed by atoms with Crippen molar-refractivity contribution in [2.45, 2.75) is 33.4 Å². The van der Waals surface area contributed by atoms with Crippen LogP contribution in [0, 0.1) is 5.41 Å². The Kier molecular flexibility index (Phi) is 3.11. The van der Waals surface area contributed by atoms with Gasteiger partial charge >= 0.3 is 0 Å². The van der Waals surface area contributed by atoms with Gasteiger partial charge in [-0.25, -0.2) is 0 Å². The average molecular weight is 133 g/mol. The van der Waals surface area contributed by atoms with E-state index in [0.717, 1.165) is 0 Å². The van der Waals surface area contributed by atoms with Crippen molar-refractivity contribution in [3.8, 4) is 0 Å². The van der Waals surface area contributed by atoms with Gasteiger partial charge in [0.05, 0.1) is 0 Å². The highest BCUT2D eigenvalue weighted by atomic mass is 16.5. The van der Waals surface area contributed by atoms with Crippen LogP contribution in [0.4, 0.5) is 0 Å². The van der Waals surface area contributed by atoms with Crippen LogP contribution < -0.4 is 5.48 Å². The number of rotatable bonds is 2. The van der Waals surface area contributed by atoms with Crippen molar-refractivity contribution in [3.63, 3.8) is 0 Å². The van der Waals surface area contributed by atoms with Gasteiger partial charge in [-0.2, -0.15) is 5.48 Å². The van der Waals surface area contributed by atoms with Crippen molar-refractivity contribution >= 4 is 0 Å². The van der Waals surface area contributed by atoms with Gasteiger partial charge < -0.3 is 10.3 Å². The van der Waals surface area contributed by atoms with Crippen LogP contribution >= 0.6 is 0 Å². The summed E-state index contributed by atoms with van der Waals surface area (Å²) < 4.78 is 0. The van der Waals surface area contributed by atoms with Crippen molar-refractivity contribution < 1.29 is 10.3 Å². The van der Waals surface area contributed by atoms with Gasteiger partial charge in [-0.05, 0) is 11.8 Å². The Balaban J connectivity index is 3.47. The molecular formula is C6H15NO2. The fourth-order valence-electron chi connectivity index (χ4n) is 0.626. The van der Waals surface area contributed by atoms with E-state index in [1.54, 1.807) is 5.48 Å². The molecule has 0 aromatic heterocycles. The molecule has 0 aliphatic rings. The van der Waals surface area contributed by atoms with Crippen LogP contribution in [0.5, 0.6) is 0 Å². The molecule has 1 unspecified atom stereocenters. The van der Waals surface area contributed by atoms with Gasteiger partial charge in [-0.1, -0.05) is 20.8 Å². The van der Waals surface area contributed by atoms with Crippen molar-refractivity contribution in [2.75, 3.05) is 0 Å². The van der Waals surface area contributed by atoms with Gasteiger partial charge in [0.2, 0.25) is 0 Å². The van der Waals surface area contributed by atoms with E-state index in [1.807, 2.05) is 20.8 Å². The molecule has 3 heteroatoms. The summed E-state index contributed by atoms with van der Waals surface area (Å²) in [5.41, 5.74) is 1.83. The highest BCUT2D eigenvalue weighted by Gasteiger charge is 2.14. The van der Waals surface area contributed by atoms with Crippen molar-refractivity contribution in [1.29, 1.82) is 0 Å². The maximum absolute atomic E-state index is 8.83. The molecule has 0 spiro atoms. The molecule has 3 N–H and O–H groups in total. The third kappa shape index (κ3) is 5.76. The van der Waals surface area contributed by atoms with E-state index in [-0.39, 0.29) is 5.41 Å². The van der Waals surface area contributed by atoms with Gasteiger partial charge in [0, 0.05) is 0 Å². The second-order valence-corrected chi connectivity index (χ2v) is 3.41. The zero-order chi connectivity index (χ0) is 7.49. The molecule has 0 amide bonds. The maximum atomic E-state index is 8.83. The first-order chi connectivity index (χ1) is 3.95. The molecule has 0 heterocycles. The van der Waals surface area contributed by atoms with E-state index in [1.165, 1.54) is 0 Å². The summed E-state index contributed by atoms with van der Waals surface area (Å²) in [4.78, 5) is 0. The molecule has 0 fully saturated rings. The first kappa shape index (κ1) is 8.88.